The molecule has 0 fully saturated rings. The van der Waals surface area contributed by atoms with Gasteiger partial charge in [0.25, 0.3) is 0 Å². The predicted octanol–water partition coefficient (Wildman–Crippen LogP) is 4.35. The fraction of sp³-hybridized carbons (Fsp3) is 0.190. The number of halogens is 1. The Morgan fingerprint density at radius 2 is 2.00 bits per heavy atom. The number of benzene rings is 1. The van der Waals surface area contributed by atoms with Crippen molar-refractivity contribution < 1.29 is 9.18 Å². The lowest BCUT2D eigenvalue weighted by Crippen LogP contribution is -2.27. The van der Waals surface area contributed by atoms with Gasteiger partial charge in [-0.05, 0) is 25.1 Å². The quantitative estimate of drug-likeness (QED) is 0.542. The lowest BCUT2D eigenvalue weighted by Gasteiger charge is -2.12. The van der Waals surface area contributed by atoms with Crippen molar-refractivity contribution in [2.45, 2.75) is 13.5 Å². The number of hydrogen-bond donors (Lipinski definition) is 2. The van der Waals surface area contributed by atoms with Gasteiger partial charge in [-0.3, -0.25) is 4.68 Å². The topological polar surface area (TPSA) is 78.8 Å². The number of nitrogens with one attached hydrogen (secondary N) is 2. The maximum absolute atomic E-state index is 14.8. The second kappa shape index (κ2) is 7.38. The first-order valence-corrected chi connectivity index (χ1v) is 9.26. The summed E-state index contributed by atoms with van der Waals surface area (Å²) in [6.07, 6.45) is 4.82. The summed E-state index contributed by atoms with van der Waals surface area (Å²) in [5.41, 5.74) is 3.96. The van der Waals surface area contributed by atoms with Crippen LogP contribution in [0.5, 0.6) is 0 Å². The smallest absolute Gasteiger partial charge is 0.321 e. The summed E-state index contributed by atoms with van der Waals surface area (Å²) >= 11 is 0. The molecule has 0 saturated carbocycles. The molecule has 2 amide bonds. The van der Waals surface area contributed by atoms with Gasteiger partial charge in [-0.25, -0.2) is 14.2 Å². The molecule has 3 aromatic heterocycles. The van der Waals surface area contributed by atoms with Crippen molar-refractivity contribution >= 4 is 22.8 Å². The van der Waals surface area contributed by atoms with E-state index in [4.69, 9.17) is 0 Å². The highest BCUT2D eigenvalue weighted by Crippen LogP contribution is 2.36. The summed E-state index contributed by atoms with van der Waals surface area (Å²) in [5.74, 6) is -0.399. The number of hydrogen-bond acceptors (Lipinski definition) is 3. The molecule has 1 aromatic carbocycles. The molecule has 0 saturated heterocycles. The van der Waals surface area contributed by atoms with Crippen LogP contribution < -0.4 is 5.32 Å². The Morgan fingerprint density at radius 1 is 1.24 bits per heavy atom. The van der Waals surface area contributed by atoms with Crippen LogP contribution in [0.25, 0.3) is 33.4 Å². The van der Waals surface area contributed by atoms with Crippen LogP contribution in [-0.2, 0) is 6.54 Å². The van der Waals surface area contributed by atoms with E-state index in [9.17, 15) is 9.18 Å². The number of rotatable bonds is 4. The van der Waals surface area contributed by atoms with Crippen LogP contribution in [-0.4, -0.2) is 44.8 Å². The number of amides is 2. The standard InChI is InChI=1S/C21H21FN6O/c1-4-28-12-16(18-15-9-10-23-20(15)24-11-17(18)22)19(26-28)13-5-7-14(8-6-13)25-21(29)27(2)3/h5-12H,4H2,1-3H3,(H,23,24)(H,25,29). The largest absolute Gasteiger partial charge is 0.346 e. The van der Waals surface area contributed by atoms with E-state index in [1.54, 1.807) is 37.1 Å². The maximum atomic E-state index is 14.8. The minimum atomic E-state index is -0.399. The summed E-state index contributed by atoms with van der Waals surface area (Å²) < 4.78 is 16.6. The van der Waals surface area contributed by atoms with E-state index in [0.29, 0.717) is 40.1 Å². The van der Waals surface area contributed by atoms with E-state index >= 15 is 0 Å². The van der Waals surface area contributed by atoms with Crippen molar-refractivity contribution in [3.63, 3.8) is 0 Å². The highest BCUT2D eigenvalue weighted by atomic mass is 19.1. The number of anilines is 1. The van der Waals surface area contributed by atoms with Gasteiger partial charge in [-0.15, -0.1) is 0 Å². The van der Waals surface area contributed by atoms with Gasteiger partial charge < -0.3 is 15.2 Å². The predicted molar refractivity (Wildman–Crippen MR) is 111 cm³/mol. The van der Waals surface area contributed by atoms with Gasteiger partial charge in [0.05, 0.1) is 6.20 Å². The molecule has 148 valence electrons. The van der Waals surface area contributed by atoms with Crippen LogP contribution in [0.3, 0.4) is 0 Å². The maximum Gasteiger partial charge on any atom is 0.321 e. The number of carbonyl (C=O) groups excluding carboxylic acids is 1. The van der Waals surface area contributed by atoms with Gasteiger partial charge in [-0.1, -0.05) is 12.1 Å². The number of urea groups is 1. The first kappa shape index (κ1) is 18.7. The highest BCUT2D eigenvalue weighted by molar-refractivity contribution is 5.97. The van der Waals surface area contributed by atoms with Crippen molar-refractivity contribution in [1.82, 2.24) is 24.6 Å². The molecule has 0 aliphatic rings. The zero-order valence-corrected chi connectivity index (χ0v) is 16.4. The van der Waals surface area contributed by atoms with E-state index in [2.05, 4.69) is 20.4 Å². The zero-order valence-electron chi connectivity index (χ0n) is 16.4. The Balaban J connectivity index is 1.79. The van der Waals surface area contributed by atoms with Crippen molar-refractivity contribution in [1.29, 1.82) is 0 Å². The van der Waals surface area contributed by atoms with Gasteiger partial charge in [0.2, 0.25) is 0 Å². The van der Waals surface area contributed by atoms with Crippen LogP contribution in [0.15, 0.2) is 48.9 Å². The number of fused-ring (bicyclic) bond motifs is 1. The molecule has 0 atom stereocenters. The Bertz CT molecular complexity index is 1180. The molecular weight excluding hydrogens is 371 g/mol. The average molecular weight is 392 g/mol. The van der Waals surface area contributed by atoms with Crippen LogP contribution in [0.1, 0.15) is 6.92 Å². The van der Waals surface area contributed by atoms with Gasteiger partial charge in [-0.2, -0.15) is 5.10 Å². The number of aromatic amines is 1. The Labute approximate surface area is 167 Å². The highest BCUT2D eigenvalue weighted by Gasteiger charge is 2.19. The van der Waals surface area contributed by atoms with Crippen LogP contribution in [0.4, 0.5) is 14.9 Å². The van der Waals surface area contributed by atoms with Crippen molar-refractivity contribution in [3.05, 3.63) is 54.7 Å². The van der Waals surface area contributed by atoms with Crippen LogP contribution in [0, 0.1) is 5.82 Å². The normalized spacial score (nSPS) is 11.0. The molecule has 7 nitrogen and oxygen atoms in total. The molecule has 0 aliphatic carbocycles. The second-order valence-corrected chi connectivity index (χ2v) is 6.87. The second-order valence-electron chi connectivity index (χ2n) is 6.87. The Hall–Kier alpha value is -3.68. The van der Waals surface area contributed by atoms with Gasteiger partial charge in [0, 0.05) is 60.8 Å². The van der Waals surface area contributed by atoms with Crippen molar-refractivity contribution in [2.75, 3.05) is 19.4 Å². The summed E-state index contributed by atoms with van der Waals surface area (Å²) in [6.45, 7) is 2.64. The van der Waals surface area contributed by atoms with Crippen molar-refractivity contribution in [3.8, 4) is 22.4 Å². The molecule has 0 aliphatic heterocycles. The van der Waals surface area contributed by atoms with E-state index in [1.807, 2.05) is 31.3 Å². The zero-order chi connectivity index (χ0) is 20.5. The monoisotopic (exact) mass is 392 g/mol. The lowest BCUT2D eigenvalue weighted by atomic mass is 10.00. The van der Waals surface area contributed by atoms with Gasteiger partial charge in [0.15, 0.2) is 0 Å². The van der Waals surface area contributed by atoms with E-state index in [1.165, 1.54) is 11.1 Å². The van der Waals surface area contributed by atoms with Gasteiger partial charge in [0.1, 0.15) is 17.2 Å². The van der Waals surface area contributed by atoms with E-state index in [0.717, 1.165) is 5.56 Å². The molecule has 0 bridgehead atoms. The average Bonchev–Trinajstić information content (AvgIpc) is 3.35. The number of pyridine rings is 1. The molecule has 0 spiro atoms. The molecule has 4 aromatic rings. The number of aromatic nitrogens is 4. The molecule has 4 rings (SSSR count). The SMILES string of the molecule is CCn1cc(-c2c(F)cnc3[nH]ccc23)c(-c2ccc(NC(=O)N(C)C)cc2)n1. The molecule has 29 heavy (non-hydrogen) atoms. The van der Waals surface area contributed by atoms with E-state index < -0.39 is 5.82 Å². The summed E-state index contributed by atoms with van der Waals surface area (Å²) in [7, 11) is 3.36. The molecule has 0 radical (unpaired) electrons. The summed E-state index contributed by atoms with van der Waals surface area (Å²) in [5, 5.41) is 8.16. The Morgan fingerprint density at radius 3 is 2.69 bits per heavy atom. The third-order valence-corrected chi connectivity index (χ3v) is 4.71. The van der Waals surface area contributed by atoms with Crippen molar-refractivity contribution in [2.24, 2.45) is 0 Å². The molecule has 2 N–H and O–H groups in total. The number of nitrogens with zero attached hydrogens (tertiary/aromatic N) is 4. The summed E-state index contributed by atoms with van der Waals surface area (Å²) in [6, 6.07) is 8.95. The number of carbonyl (C=O) groups is 1. The molecule has 0 unspecified atom stereocenters. The molecular formula is C21H21FN6O. The van der Waals surface area contributed by atoms with E-state index in [-0.39, 0.29) is 6.03 Å². The minimum Gasteiger partial charge on any atom is -0.346 e. The third kappa shape index (κ3) is 3.44. The number of aryl methyl sites for hydroxylation is 1. The molecule has 3 heterocycles. The lowest BCUT2D eigenvalue weighted by molar-refractivity contribution is 0.230. The number of H-pyrrole nitrogens is 1. The Kier molecular flexibility index (Phi) is 4.75. The first-order valence-electron chi connectivity index (χ1n) is 9.26. The fourth-order valence-electron chi connectivity index (χ4n) is 3.18. The minimum absolute atomic E-state index is 0.206. The molecule has 8 heteroatoms. The fourth-order valence-corrected chi connectivity index (χ4v) is 3.18. The third-order valence-electron chi connectivity index (χ3n) is 4.71. The van der Waals surface area contributed by atoms with Crippen LogP contribution in [0.2, 0.25) is 0 Å². The van der Waals surface area contributed by atoms with Gasteiger partial charge >= 0.3 is 6.03 Å². The summed E-state index contributed by atoms with van der Waals surface area (Å²) in [4.78, 5) is 20.4. The first-order chi connectivity index (χ1) is 14.0. The van der Waals surface area contributed by atoms with Crippen LogP contribution >= 0.6 is 0 Å².